The molecule has 1 aliphatic carbocycles. The van der Waals surface area contributed by atoms with E-state index in [1.807, 2.05) is 24.3 Å². The van der Waals surface area contributed by atoms with E-state index in [1.165, 1.54) is 62.4 Å². The van der Waals surface area contributed by atoms with Gasteiger partial charge in [-0.3, -0.25) is 0 Å². The van der Waals surface area contributed by atoms with E-state index in [0.29, 0.717) is 5.75 Å². The largest absolute Gasteiger partial charge is 0.508 e. The molecule has 0 unspecified atom stereocenters. The van der Waals surface area contributed by atoms with Gasteiger partial charge in [0, 0.05) is 93.4 Å². The van der Waals surface area contributed by atoms with E-state index in [4.69, 9.17) is 9.40 Å². The monoisotopic (exact) mass is 675 g/mol. The SMILES string of the molecule is O=Nc1ccc(N2CCCC2)cc1O.Oc1cccc(N2CCCC2)c1.c1cc2nc3ccc(=[N+]4CCCC4)cc-3oc2cc1N1CCCC1. The minimum Gasteiger partial charge on any atom is -0.508 e. The van der Waals surface area contributed by atoms with Gasteiger partial charge in [0.15, 0.2) is 11.3 Å². The smallest absolute Gasteiger partial charge is 0.203 e. The van der Waals surface area contributed by atoms with Gasteiger partial charge in [0.1, 0.15) is 41.5 Å². The lowest BCUT2D eigenvalue weighted by Gasteiger charge is -2.17. The summed E-state index contributed by atoms with van der Waals surface area (Å²) in [5, 5.41) is 22.6. The van der Waals surface area contributed by atoms with Gasteiger partial charge in [-0.1, -0.05) is 6.07 Å². The third-order valence-electron chi connectivity index (χ3n) is 10.1. The summed E-state index contributed by atoms with van der Waals surface area (Å²) in [6, 6.07) is 25.2. The standard InChI is InChI=1S/C20H22N3O.C10H12N2O2.C10H13NO/c1-2-10-22(9-1)15-5-7-17-19(13-15)24-20-14-16(6-8-18(20)21-17)23-11-3-4-12-23;13-10-7-8(3-4-9(10)11-14)12-5-1-2-6-12;12-10-5-3-4-9(8-10)11-6-1-2-7-11/h5-8,13-14H,1-4,9-12H2;3-4,7,13H,1-2,5-6H2;3-5,8,12H,1-2,6-7H2/q+1;;. The second-order valence-corrected chi connectivity index (χ2v) is 13.6. The molecular weight excluding hydrogens is 628 g/mol. The van der Waals surface area contributed by atoms with Crippen molar-refractivity contribution in [2.75, 3.05) is 67.1 Å². The quantitative estimate of drug-likeness (QED) is 0.115. The number of rotatable bonds is 4. The van der Waals surface area contributed by atoms with Crippen molar-refractivity contribution in [1.29, 1.82) is 0 Å². The molecule has 10 nitrogen and oxygen atoms in total. The van der Waals surface area contributed by atoms with E-state index in [-0.39, 0.29) is 11.4 Å². The Labute approximate surface area is 293 Å². The lowest BCUT2D eigenvalue weighted by atomic mass is 10.2. The Morgan fingerprint density at radius 2 is 1.24 bits per heavy atom. The molecule has 10 heteroatoms. The Hall–Kier alpha value is -5.12. The molecule has 0 aromatic heterocycles. The zero-order chi connectivity index (χ0) is 34.3. The van der Waals surface area contributed by atoms with Crippen LogP contribution in [-0.4, -0.2) is 67.6 Å². The van der Waals surface area contributed by atoms with Crippen molar-refractivity contribution in [3.63, 3.8) is 0 Å². The van der Waals surface area contributed by atoms with Crippen molar-refractivity contribution >= 4 is 33.8 Å². The third kappa shape index (κ3) is 7.85. The summed E-state index contributed by atoms with van der Waals surface area (Å²) in [7, 11) is 0. The van der Waals surface area contributed by atoms with E-state index in [1.54, 1.807) is 18.2 Å². The van der Waals surface area contributed by atoms with Crippen molar-refractivity contribution in [1.82, 2.24) is 9.56 Å². The number of benzene rings is 4. The lowest BCUT2D eigenvalue weighted by molar-refractivity contribution is 0.475. The van der Waals surface area contributed by atoms with Gasteiger partial charge in [0.25, 0.3) is 0 Å². The van der Waals surface area contributed by atoms with Crippen LogP contribution in [0.15, 0.2) is 88.5 Å². The van der Waals surface area contributed by atoms with Crippen molar-refractivity contribution in [3.8, 4) is 23.0 Å². The number of fused-ring (bicyclic) bond motifs is 2. The van der Waals surface area contributed by atoms with Crippen molar-refractivity contribution < 1.29 is 14.6 Å². The summed E-state index contributed by atoms with van der Waals surface area (Å²) >= 11 is 0. The molecule has 0 spiro atoms. The molecule has 6 aliphatic rings. The van der Waals surface area contributed by atoms with Crippen molar-refractivity contribution in [3.05, 3.63) is 89.1 Å². The Kier molecular flexibility index (Phi) is 10.4. The van der Waals surface area contributed by atoms with E-state index in [2.05, 4.69) is 60.9 Å². The average Bonchev–Trinajstić information content (AvgIpc) is 3.99. The van der Waals surface area contributed by atoms with Crippen LogP contribution in [0.5, 0.6) is 11.5 Å². The highest BCUT2D eigenvalue weighted by molar-refractivity contribution is 5.80. The molecule has 0 amide bonds. The number of hydrogen-bond acceptors (Lipinski definition) is 9. The molecule has 3 aromatic rings. The summed E-state index contributed by atoms with van der Waals surface area (Å²) in [4.78, 5) is 21.9. The van der Waals surface area contributed by atoms with Gasteiger partial charge in [-0.25, -0.2) is 9.56 Å². The molecule has 4 saturated heterocycles. The summed E-state index contributed by atoms with van der Waals surface area (Å²) in [5.41, 5.74) is 6.21. The number of phenolic OH excluding ortho intramolecular Hbond substituents is 2. The molecule has 0 radical (unpaired) electrons. The Morgan fingerprint density at radius 1 is 0.640 bits per heavy atom. The third-order valence-corrected chi connectivity index (χ3v) is 10.1. The van der Waals surface area contributed by atoms with E-state index < -0.39 is 0 Å². The average molecular weight is 676 g/mol. The normalized spacial score (nSPS) is 17.2. The molecule has 5 heterocycles. The van der Waals surface area contributed by atoms with E-state index >= 15 is 0 Å². The fraction of sp³-hybridized carbons (Fsp3) is 0.400. The molecule has 3 aromatic carbocycles. The maximum atomic E-state index is 10.2. The Morgan fingerprint density at radius 3 is 1.84 bits per heavy atom. The highest BCUT2D eigenvalue weighted by atomic mass is 16.3. The number of nitrogens with zero attached hydrogens (tertiary/aromatic N) is 6. The topological polar surface area (TPSA) is 109 Å². The van der Waals surface area contributed by atoms with Crippen LogP contribution in [0.1, 0.15) is 51.4 Å². The van der Waals surface area contributed by atoms with Gasteiger partial charge in [-0.2, -0.15) is 0 Å². The fourth-order valence-corrected chi connectivity index (χ4v) is 7.37. The van der Waals surface area contributed by atoms with Crippen LogP contribution in [0, 0.1) is 4.91 Å². The highest BCUT2D eigenvalue weighted by Crippen LogP contribution is 2.32. The first kappa shape index (κ1) is 33.4. The number of anilines is 3. The summed E-state index contributed by atoms with van der Waals surface area (Å²) in [6.07, 6.45) is 10.1. The molecular formula is C40H47N6O4+. The molecule has 2 N–H and O–H groups in total. The van der Waals surface area contributed by atoms with E-state index in [9.17, 15) is 15.1 Å². The molecule has 0 atom stereocenters. The number of aromatic hydroxyl groups is 2. The van der Waals surface area contributed by atoms with Crippen LogP contribution in [0.2, 0.25) is 0 Å². The zero-order valence-corrected chi connectivity index (χ0v) is 28.7. The minimum absolute atomic E-state index is 0.0376. The van der Waals surface area contributed by atoms with Crippen LogP contribution in [0.4, 0.5) is 22.7 Å². The summed E-state index contributed by atoms with van der Waals surface area (Å²) in [5.74, 6) is 1.20. The maximum absolute atomic E-state index is 10.2. The van der Waals surface area contributed by atoms with Crippen LogP contribution in [0.25, 0.3) is 22.6 Å². The minimum atomic E-state index is -0.0376. The van der Waals surface area contributed by atoms with Crippen LogP contribution in [-0.2, 0) is 0 Å². The van der Waals surface area contributed by atoms with Crippen LogP contribution < -0.4 is 24.6 Å². The zero-order valence-electron chi connectivity index (χ0n) is 28.7. The van der Waals surface area contributed by atoms with Gasteiger partial charge in [0.2, 0.25) is 5.36 Å². The Bertz CT molecular complexity index is 1950. The summed E-state index contributed by atoms with van der Waals surface area (Å²) in [6.45, 7) is 8.88. The maximum Gasteiger partial charge on any atom is 0.203 e. The molecule has 260 valence electrons. The summed E-state index contributed by atoms with van der Waals surface area (Å²) < 4.78 is 8.66. The van der Waals surface area contributed by atoms with Gasteiger partial charge in [-0.15, -0.1) is 4.91 Å². The van der Waals surface area contributed by atoms with Gasteiger partial charge in [0.05, 0.1) is 6.07 Å². The van der Waals surface area contributed by atoms with Gasteiger partial charge in [-0.05, 0) is 86.2 Å². The van der Waals surface area contributed by atoms with Crippen LogP contribution >= 0.6 is 0 Å². The number of phenols is 2. The first-order chi connectivity index (χ1) is 24.5. The Balaban J connectivity index is 0.000000128. The second-order valence-electron chi connectivity index (χ2n) is 13.6. The molecule has 0 bridgehead atoms. The van der Waals surface area contributed by atoms with Gasteiger partial charge >= 0.3 is 0 Å². The number of nitroso groups, excluding NO2 is 1. The predicted molar refractivity (Wildman–Crippen MR) is 201 cm³/mol. The molecule has 4 fully saturated rings. The number of hydrogen-bond donors (Lipinski definition) is 2. The van der Waals surface area contributed by atoms with Crippen molar-refractivity contribution in [2.24, 2.45) is 5.18 Å². The highest BCUT2D eigenvalue weighted by Gasteiger charge is 2.18. The lowest BCUT2D eigenvalue weighted by Crippen LogP contribution is -2.26. The predicted octanol–water partition coefficient (Wildman–Crippen LogP) is 7.48. The fourth-order valence-electron chi connectivity index (χ4n) is 7.37. The number of aromatic nitrogens is 1. The van der Waals surface area contributed by atoms with Crippen molar-refractivity contribution in [2.45, 2.75) is 51.4 Å². The molecule has 0 saturated carbocycles. The first-order valence-electron chi connectivity index (χ1n) is 18.2. The van der Waals surface area contributed by atoms with E-state index in [0.717, 1.165) is 86.3 Å². The second kappa shape index (κ2) is 15.6. The first-order valence-corrected chi connectivity index (χ1v) is 18.2. The molecule has 50 heavy (non-hydrogen) atoms. The van der Waals surface area contributed by atoms with Crippen LogP contribution in [0.3, 0.4) is 0 Å². The molecule has 5 aliphatic heterocycles. The van der Waals surface area contributed by atoms with Gasteiger partial charge < -0.3 is 29.3 Å². The molecule has 9 rings (SSSR count).